The van der Waals surface area contributed by atoms with Gasteiger partial charge in [-0.3, -0.25) is 0 Å². The first-order valence-corrected chi connectivity index (χ1v) is 7.94. The summed E-state index contributed by atoms with van der Waals surface area (Å²) in [5.41, 5.74) is 2.48. The first kappa shape index (κ1) is 18.1. The summed E-state index contributed by atoms with van der Waals surface area (Å²) in [6.07, 6.45) is 1.12. The molecule has 1 atom stereocenters. The van der Waals surface area contributed by atoms with Gasteiger partial charge in [-0.1, -0.05) is 36.8 Å². The maximum Gasteiger partial charge on any atom is 0.0707 e. The highest BCUT2D eigenvalue weighted by molar-refractivity contribution is 5.25. The highest BCUT2D eigenvalue weighted by Crippen LogP contribution is 2.15. The molecule has 0 aliphatic heterocycles. The van der Waals surface area contributed by atoms with Gasteiger partial charge in [0.1, 0.15) is 0 Å². The summed E-state index contributed by atoms with van der Waals surface area (Å²) < 4.78 is 11.5. The summed E-state index contributed by atoms with van der Waals surface area (Å²) in [5.74, 6) is 0. The lowest BCUT2D eigenvalue weighted by molar-refractivity contribution is -0.0374. The average Bonchev–Trinajstić information content (AvgIpc) is 2.40. The van der Waals surface area contributed by atoms with Gasteiger partial charge in [0.05, 0.1) is 31.5 Å². The van der Waals surface area contributed by atoms with E-state index in [9.17, 15) is 0 Å². The predicted octanol–water partition coefficient (Wildman–Crippen LogP) is 3.87. The van der Waals surface area contributed by atoms with Crippen LogP contribution < -0.4 is 5.32 Å². The molecule has 3 heteroatoms. The van der Waals surface area contributed by atoms with Crippen LogP contribution in [0.4, 0.5) is 0 Å². The Morgan fingerprint density at radius 2 is 1.95 bits per heavy atom. The largest absolute Gasteiger partial charge is 0.377 e. The Morgan fingerprint density at radius 1 is 1.19 bits per heavy atom. The SMILES string of the molecule is CCCNC(COCCOC(C)(C)C)c1cccc(C)c1. The molecule has 0 amide bonds. The van der Waals surface area contributed by atoms with Crippen molar-refractivity contribution in [3.05, 3.63) is 35.4 Å². The fourth-order valence-electron chi connectivity index (χ4n) is 2.09. The second-order valence-corrected chi connectivity index (χ2v) is 6.46. The van der Waals surface area contributed by atoms with Crippen molar-refractivity contribution in [3.63, 3.8) is 0 Å². The highest BCUT2D eigenvalue weighted by Gasteiger charge is 2.12. The smallest absolute Gasteiger partial charge is 0.0707 e. The van der Waals surface area contributed by atoms with Gasteiger partial charge in [-0.05, 0) is 46.2 Å². The van der Waals surface area contributed by atoms with E-state index < -0.39 is 0 Å². The van der Waals surface area contributed by atoms with Crippen LogP contribution in [0.2, 0.25) is 0 Å². The van der Waals surface area contributed by atoms with Gasteiger partial charge in [0.25, 0.3) is 0 Å². The molecule has 0 spiro atoms. The van der Waals surface area contributed by atoms with E-state index in [-0.39, 0.29) is 11.6 Å². The van der Waals surface area contributed by atoms with Crippen LogP contribution in [-0.2, 0) is 9.47 Å². The van der Waals surface area contributed by atoms with Gasteiger partial charge in [-0.25, -0.2) is 0 Å². The van der Waals surface area contributed by atoms with Gasteiger partial charge in [0.15, 0.2) is 0 Å². The molecule has 1 aromatic rings. The van der Waals surface area contributed by atoms with Gasteiger partial charge >= 0.3 is 0 Å². The van der Waals surface area contributed by atoms with Crippen molar-refractivity contribution < 1.29 is 9.47 Å². The summed E-state index contributed by atoms with van der Waals surface area (Å²) in [6, 6.07) is 8.86. The summed E-state index contributed by atoms with van der Waals surface area (Å²) in [7, 11) is 0. The molecule has 0 bridgehead atoms. The Morgan fingerprint density at radius 3 is 2.57 bits per heavy atom. The second kappa shape index (κ2) is 9.19. The topological polar surface area (TPSA) is 30.5 Å². The van der Waals surface area contributed by atoms with Crippen molar-refractivity contribution in [2.75, 3.05) is 26.4 Å². The summed E-state index contributed by atoms with van der Waals surface area (Å²) in [5, 5.41) is 3.55. The van der Waals surface area contributed by atoms with Crippen LogP contribution in [0.3, 0.4) is 0 Å². The van der Waals surface area contributed by atoms with Crippen molar-refractivity contribution in [2.24, 2.45) is 0 Å². The Labute approximate surface area is 130 Å². The van der Waals surface area contributed by atoms with Gasteiger partial charge < -0.3 is 14.8 Å². The Kier molecular flexibility index (Phi) is 7.94. The number of hydrogen-bond donors (Lipinski definition) is 1. The zero-order valence-corrected chi connectivity index (χ0v) is 14.2. The molecule has 0 aromatic heterocycles. The molecular formula is C18H31NO2. The molecule has 1 aromatic carbocycles. The molecule has 0 fully saturated rings. The molecule has 21 heavy (non-hydrogen) atoms. The molecule has 120 valence electrons. The normalized spacial score (nSPS) is 13.4. The van der Waals surface area contributed by atoms with E-state index in [1.54, 1.807) is 0 Å². The van der Waals surface area contributed by atoms with Gasteiger partial charge in [0, 0.05) is 0 Å². The molecule has 0 saturated carbocycles. The molecule has 1 unspecified atom stereocenters. The standard InChI is InChI=1S/C18H31NO2/c1-6-10-19-17(16-9-7-8-15(2)13-16)14-20-11-12-21-18(3,4)5/h7-9,13,17,19H,6,10-12,14H2,1-5H3. The van der Waals surface area contributed by atoms with E-state index in [0.29, 0.717) is 19.8 Å². The fourth-order valence-corrected chi connectivity index (χ4v) is 2.09. The molecular weight excluding hydrogens is 262 g/mol. The lowest BCUT2D eigenvalue weighted by atomic mass is 10.0. The number of nitrogens with one attached hydrogen (secondary N) is 1. The third-order valence-corrected chi connectivity index (χ3v) is 3.13. The van der Waals surface area contributed by atoms with E-state index in [0.717, 1.165) is 13.0 Å². The minimum atomic E-state index is -0.0975. The monoisotopic (exact) mass is 293 g/mol. The molecule has 1 N–H and O–H groups in total. The molecule has 1 rings (SSSR count). The number of benzene rings is 1. The third kappa shape index (κ3) is 8.20. The Hall–Kier alpha value is -0.900. The first-order valence-electron chi connectivity index (χ1n) is 7.94. The van der Waals surface area contributed by atoms with E-state index in [1.165, 1.54) is 11.1 Å². The molecule has 3 nitrogen and oxygen atoms in total. The van der Waals surface area contributed by atoms with Gasteiger partial charge in [0.2, 0.25) is 0 Å². The van der Waals surface area contributed by atoms with Crippen molar-refractivity contribution in [3.8, 4) is 0 Å². The van der Waals surface area contributed by atoms with E-state index >= 15 is 0 Å². The van der Waals surface area contributed by atoms with Crippen LogP contribution in [0, 0.1) is 6.92 Å². The van der Waals surface area contributed by atoms with Crippen LogP contribution in [0.5, 0.6) is 0 Å². The maximum atomic E-state index is 5.80. The predicted molar refractivity (Wildman–Crippen MR) is 88.7 cm³/mol. The van der Waals surface area contributed by atoms with Crippen LogP contribution in [0.15, 0.2) is 24.3 Å². The Bertz CT molecular complexity index is 398. The van der Waals surface area contributed by atoms with Gasteiger partial charge in [-0.15, -0.1) is 0 Å². The number of rotatable bonds is 9. The highest BCUT2D eigenvalue weighted by atomic mass is 16.5. The number of ether oxygens (including phenoxy) is 2. The molecule has 0 aliphatic rings. The molecule has 0 aliphatic carbocycles. The van der Waals surface area contributed by atoms with Crippen LogP contribution in [-0.4, -0.2) is 32.0 Å². The van der Waals surface area contributed by atoms with Crippen molar-refractivity contribution in [1.29, 1.82) is 0 Å². The van der Waals surface area contributed by atoms with E-state index in [1.807, 2.05) is 0 Å². The van der Waals surface area contributed by atoms with Crippen molar-refractivity contribution >= 4 is 0 Å². The summed E-state index contributed by atoms with van der Waals surface area (Å²) in [4.78, 5) is 0. The van der Waals surface area contributed by atoms with Crippen LogP contribution in [0.1, 0.15) is 51.3 Å². The minimum Gasteiger partial charge on any atom is -0.377 e. The average molecular weight is 293 g/mol. The first-order chi connectivity index (χ1) is 9.92. The van der Waals surface area contributed by atoms with Gasteiger partial charge in [-0.2, -0.15) is 0 Å². The zero-order valence-electron chi connectivity index (χ0n) is 14.2. The number of aryl methyl sites for hydroxylation is 1. The van der Waals surface area contributed by atoms with E-state index in [4.69, 9.17) is 9.47 Å². The molecule has 0 heterocycles. The quantitative estimate of drug-likeness (QED) is 0.701. The van der Waals surface area contributed by atoms with Crippen LogP contribution in [0.25, 0.3) is 0 Å². The summed E-state index contributed by atoms with van der Waals surface area (Å²) in [6.45, 7) is 13.4. The maximum absolute atomic E-state index is 5.80. The number of hydrogen-bond acceptors (Lipinski definition) is 3. The molecule has 0 radical (unpaired) electrons. The van der Waals surface area contributed by atoms with Crippen LogP contribution >= 0.6 is 0 Å². The summed E-state index contributed by atoms with van der Waals surface area (Å²) >= 11 is 0. The van der Waals surface area contributed by atoms with Crippen molar-refractivity contribution in [2.45, 2.75) is 52.7 Å². The second-order valence-electron chi connectivity index (χ2n) is 6.46. The lowest BCUT2D eigenvalue weighted by Gasteiger charge is -2.22. The fraction of sp³-hybridized carbons (Fsp3) is 0.667. The Balaban J connectivity index is 2.43. The zero-order chi connectivity index (χ0) is 15.7. The lowest BCUT2D eigenvalue weighted by Crippen LogP contribution is -2.28. The minimum absolute atomic E-state index is 0.0975. The molecule has 0 saturated heterocycles. The third-order valence-electron chi connectivity index (χ3n) is 3.13. The van der Waals surface area contributed by atoms with E-state index in [2.05, 4.69) is 64.2 Å². The van der Waals surface area contributed by atoms with Crippen molar-refractivity contribution in [1.82, 2.24) is 5.32 Å².